The standard InChI is InChI=1S/C10H11NO2S/c1-13-8-4-6-2-3-14-10(6)7(5-12)9(8)11/h2-4,12H,5,11H2,1H3. The highest BCUT2D eigenvalue weighted by Crippen LogP contribution is 2.35. The molecule has 3 nitrogen and oxygen atoms in total. The summed E-state index contributed by atoms with van der Waals surface area (Å²) in [5.41, 5.74) is 7.14. The van der Waals surface area contributed by atoms with Crippen LogP contribution in [0.4, 0.5) is 5.69 Å². The van der Waals surface area contributed by atoms with Gasteiger partial charge in [0.1, 0.15) is 5.75 Å². The summed E-state index contributed by atoms with van der Waals surface area (Å²) in [4.78, 5) is 0. The number of hydrogen-bond acceptors (Lipinski definition) is 4. The van der Waals surface area contributed by atoms with Crippen LogP contribution < -0.4 is 10.5 Å². The smallest absolute Gasteiger partial charge is 0.142 e. The van der Waals surface area contributed by atoms with Crippen LogP contribution in [0.15, 0.2) is 17.5 Å². The third kappa shape index (κ3) is 1.23. The van der Waals surface area contributed by atoms with Crippen molar-refractivity contribution in [3.63, 3.8) is 0 Å². The Morgan fingerprint density at radius 1 is 1.57 bits per heavy atom. The first-order chi connectivity index (χ1) is 6.77. The lowest BCUT2D eigenvalue weighted by Crippen LogP contribution is -1.98. The van der Waals surface area contributed by atoms with Crippen LogP contribution >= 0.6 is 11.3 Å². The largest absolute Gasteiger partial charge is 0.495 e. The molecule has 0 unspecified atom stereocenters. The molecule has 3 N–H and O–H groups in total. The number of ether oxygens (including phenoxy) is 1. The van der Waals surface area contributed by atoms with Crippen molar-refractivity contribution in [1.29, 1.82) is 0 Å². The van der Waals surface area contributed by atoms with E-state index in [9.17, 15) is 5.11 Å². The Hall–Kier alpha value is -1.26. The zero-order valence-corrected chi connectivity index (χ0v) is 8.60. The summed E-state index contributed by atoms with van der Waals surface area (Å²) in [6, 6.07) is 3.88. The number of anilines is 1. The lowest BCUT2D eigenvalue weighted by atomic mass is 10.1. The van der Waals surface area contributed by atoms with Crippen LogP contribution in [-0.4, -0.2) is 12.2 Å². The number of thiophene rings is 1. The van der Waals surface area contributed by atoms with E-state index in [-0.39, 0.29) is 6.61 Å². The number of benzene rings is 1. The molecule has 0 radical (unpaired) electrons. The van der Waals surface area contributed by atoms with E-state index in [4.69, 9.17) is 10.5 Å². The summed E-state index contributed by atoms with van der Waals surface area (Å²) >= 11 is 1.58. The van der Waals surface area contributed by atoms with Crippen LogP contribution in [0, 0.1) is 0 Å². The van der Waals surface area contributed by atoms with Gasteiger partial charge in [0, 0.05) is 10.3 Å². The van der Waals surface area contributed by atoms with Crippen LogP contribution in [-0.2, 0) is 6.61 Å². The van der Waals surface area contributed by atoms with E-state index in [0.29, 0.717) is 11.4 Å². The Kier molecular flexibility index (Phi) is 2.31. The summed E-state index contributed by atoms with van der Waals surface area (Å²) in [6.45, 7) is -0.0555. The Morgan fingerprint density at radius 2 is 2.36 bits per heavy atom. The molecule has 2 aromatic rings. The van der Waals surface area contributed by atoms with Gasteiger partial charge in [0.2, 0.25) is 0 Å². The lowest BCUT2D eigenvalue weighted by molar-refractivity contribution is 0.283. The molecule has 0 saturated heterocycles. The molecule has 74 valence electrons. The topological polar surface area (TPSA) is 55.5 Å². The van der Waals surface area contributed by atoms with Crippen LogP contribution in [0.3, 0.4) is 0 Å². The molecule has 0 aliphatic rings. The second-order valence-corrected chi connectivity index (χ2v) is 3.88. The molecule has 4 heteroatoms. The van der Waals surface area contributed by atoms with Crippen LogP contribution in [0.5, 0.6) is 5.75 Å². The van der Waals surface area contributed by atoms with E-state index in [1.807, 2.05) is 17.5 Å². The van der Waals surface area contributed by atoms with Crippen molar-refractivity contribution >= 4 is 27.1 Å². The first-order valence-electron chi connectivity index (χ1n) is 4.21. The van der Waals surface area contributed by atoms with Gasteiger partial charge in [0.25, 0.3) is 0 Å². The van der Waals surface area contributed by atoms with Gasteiger partial charge in [-0.15, -0.1) is 11.3 Å². The minimum absolute atomic E-state index is 0.0555. The second kappa shape index (κ2) is 3.48. The summed E-state index contributed by atoms with van der Waals surface area (Å²) in [7, 11) is 1.57. The number of hydrogen-bond donors (Lipinski definition) is 2. The molecule has 0 amide bonds. The van der Waals surface area contributed by atoms with Crippen LogP contribution in [0.1, 0.15) is 5.56 Å². The van der Waals surface area contributed by atoms with Crippen molar-refractivity contribution < 1.29 is 9.84 Å². The fourth-order valence-corrected chi connectivity index (χ4v) is 2.42. The van der Waals surface area contributed by atoms with Crippen molar-refractivity contribution in [2.75, 3.05) is 12.8 Å². The molecular weight excluding hydrogens is 198 g/mol. The van der Waals surface area contributed by atoms with Crippen LogP contribution in [0.2, 0.25) is 0 Å². The molecule has 0 fully saturated rings. The average Bonchev–Trinajstić information content (AvgIpc) is 2.64. The summed E-state index contributed by atoms with van der Waals surface area (Å²) < 4.78 is 6.17. The van der Waals surface area contributed by atoms with Gasteiger partial charge in [-0.1, -0.05) is 0 Å². The van der Waals surface area contributed by atoms with Crippen molar-refractivity contribution in [2.45, 2.75) is 6.61 Å². The lowest BCUT2D eigenvalue weighted by Gasteiger charge is -2.09. The predicted octanol–water partition coefficient (Wildman–Crippen LogP) is 1.98. The number of rotatable bonds is 2. The van der Waals surface area contributed by atoms with E-state index in [1.54, 1.807) is 18.4 Å². The number of fused-ring (bicyclic) bond motifs is 1. The van der Waals surface area contributed by atoms with Gasteiger partial charge in [0.05, 0.1) is 19.4 Å². The molecule has 0 aliphatic carbocycles. The molecule has 1 aromatic heterocycles. The fourth-order valence-electron chi connectivity index (χ4n) is 1.49. The minimum Gasteiger partial charge on any atom is -0.495 e. The molecule has 1 aromatic carbocycles. The van der Waals surface area contributed by atoms with Crippen molar-refractivity contribution in [3.8, 4) is 5.75 Å². The normalized spacial score (nSPS) is 10.7. The SMILES string of the molecule is COc1cc2ccsc2c(CO)c1N. The van der Waals surface area contributed by atoms with Gasteiger partial charge in [-0.25, -0.2) is 0 Å². The van der Waals surface area contributed by atoms with E-state index >= 15 is 0 Å². The Balaban J connectivity index is 2.80. The highest BCUT2D eigenvalue weighted by molar-refractivity contribution is 7.17. The van der Waals surface area contributed by atoms with Gasteiger partial charge in [-0.05, 0) is 22.9 Å². The Bertz CT molecular complexity index is 464. The molecule has 0 atom stereocenters. The fraction of sp³-hybridized carbons (Fsp3) is 0.200. The third-order valence-electron chi connectivity index (χ3n) is 2.22. The van der Waals surface area contributed by atoms with Crippen LogP contribution in [0.25, 0.3) is 10.1 Å². The first-order valence-corrected chi connectivity index (χ1v) is 5.09. The van der Waals surface area contributed by atoms with E-state index in [1.165, 1.54) is 0 Å². The summed E-state index contributed by atoms with van der Waals surface area (Å²) in [5.74, 6) is 0.625. The number of aliphatic hydroxyl groups excluding tert-OH is 1. The number of methoxy groups -OCH3 is 1. The summed E-state index contributed by atoms with van der Waals surface area (Å²) in [6.07, 6.45) is 0. The quantitative estimate of drug-likeness (QED) is 0.744. The molecule has 1 heterocycles. The molecule has 0 spiro atoms. The van der Waals surface area contributed by atoms with Gasteiger partial charge in [0.15, 0.2) is 0 Å². The second-order valence-electron chi connectivity index (χ2n) is 2.97. The molecular formula is C10H11NO2S. The zero-order valence-electron chi connectivity index (χ0n) is 7.78. The highest BCUT2D eigenvalue weighted by atomic mass is 32.1. The van der Waals surface area contributed by atoms with Crippen molar-refractivity contribution in [3.05, 3.63) is 23.1 Å². The minimum atomic E-state index is -0.0555. The van der Waals surface area contributed by atoms with E-state index in [2.05, 4.69) is 0 Å². The zero-order chi connectivity index (χ0) is 10.1. The van der Waals surface area contributed by atoms with Gasteiger partial charge < -0.3 is 15.6 Å². The monoisotopic (exact) mass is 209 g/mol. The Labute approximate surface area is 85.7 Å². The molecule has 14 heavy (non-hydrogen) atoms. The van der Waals surface area contributed by atoms with E-state index < -0.39 is 0 Å². The molecule has 2 rings (SSSR count). The van der Waals surface area contributed by atoms with E-state index in [0.717, 1.165) is 15.6 Å². The maximum atomic E-state index is 9.23. The third-order valence-corrected chi connectivity index (χ3v) is 3.21. The summed E-state index contributed by atoms with van der Waals surface area (Å²) in [5, 5.41) is 12.3. The molecule has 0 saturated carbocycles. The number of nitrogen functional groups attached to an aromatic ring is 1. The number of nitrogens with two attached hydrogens (primary N) is 1. The predicted molar refractivity (Wildman–Crippen MR) is 58.7 cm³/mol. The highest BCUT2D eigenvalue weighted by Gasteiger charge is 2.11. The molecule has 0 bridgehead atoms. The van der Waals surface area contributed by atoms with Gasteiger partial charge in [-0.2, -0.15) is 0 Å². The van der Waals surface area contributed by atoms with Gasteiger partial charge in [-0.3, -0.25) is 0 Å². The maximum Gasteiger partial charge on any atom is 0.142 e. The average molecular weight is 209 g/mol. The maximum absolute atomic E-state index is 9.23. The van der Waals surface area contributed by atoms with Gasteiger partial charge >= 0.3 is 0 Å². The Morgan fingerprint density at radius 3 is 3.00 bits per heavy atom. The molecule has 0 aliphatic heterocycles. The van der Waals surface area contributed by atoms with Crippen molar-refractivity contribution in [1.82, 2.24) is 0 Å². The number of aliphatic hydroxyl groups is 1. The van der Waals surface area contributed by atoms with Crippen molar-refractivity contribution in [2.24, 2.45) is 0 Å². The first kappa shape index (κ1) is 9.30.